The lowest BCUT2D eigenvalue weighted by atomic mass is 10.0. The summed E-state index contributed by atoms with van der Waals surface area (Å²) in [7, 11) is -1.45. The van der Waals surface area contributed by atoms with E-state index in [4.69, 9.17) is 9.72 Å². The molecule has 0 atom stereocenters. The van der Waals surface area contributed by atoms with E-state index >= 15 is 0 Å². The van der Waals surface area contributed by atoms with E-state index in [9.17, 15) is 8.42 Å². The summed E-state index contributed by atoms with van der Waals surface area (Å²) in [6.07, 6.45) is 6.77. The predicted molar refractivity (Wildman–Crippen MR) is 114 cm³/mol. The van der Waals surface area contributed by atoms with Crippen LogP contribution in [0.2, 0.25) is 0 Å². The zero-order valence-electron chi connectivity index (χ0n) is 16.9. The summed E-state index contributed by atoms with van der Waals surface area (Å²) in [5, 5.41) is 8.95. The molecule has 1 aliphatic heterocycles. The topological polar surface area (TPSA) is 91.9 Å². The molecule has 1 saturated heterocycles. The molecule has 1 aromatic carbocycles. The summed E-state index contributed by atoms with van der Waals surface area (Å²) < 4.78 is 33.8. The predicted octanol–water partition coefficient (Wildman–Crippen LogP) is 2.82. The molecule has 8 nitrogen and oxygen atoms in total. The van der Waals surface area contributed by atoms with Crippen molar-refractivity contribution in [3.05, 3.63) is 36.7 Å². The first-order valence-electron chi connectivity index (χ1n) is 9.96. The second-order valence-electron chi connectivity index (χ2n) is 7.95. The summed E-state index contributed by atoms with van der Waals surface area (Å²) in [6.45, 7) is 2.33. The van der Waals surface area contributed by atoms with Gasteiger partial charge in [-0.25, -0.2) is 13.1 Å². The van der Waals surface area contributed by atoms with Crippen LogP contribution in [0, 0.1) is 5.92 Å². The molecule has 0 amide bonds. The first-order valence-corrected chi connectivity index (χ1v) is 11.9. The van der Waals surface area contributed by atoms with Gasteiger partial charge in [-0.2, -0.15) is 0 Å². The lowest BCUT2D eigenvalue weighted by Crippen LogP contribution is -2.20. The summed E-state index contributed by atoms with van der Waals surface area (Å²) in [5.41, 5.74) is 4.56. The van der Waals surface area contributed by atoms with Gasteiger partial charge >= 0.3 is 0 Å². The zero-order chi connectivity index (χ0) is 20.9. The van der Waals surface area contributed by atoms with E-state index in [0.29, 0.717) is 10.8 Å². The van der Waals surface area contributed by atoms with Crippen LogP contribution < -0.4 is 0 Å². The van der Waals surface area contributed by atoms with Gasteiger partial charge in [0.25, 0.3) is 0 Å². The van der Waals surface area contributed by atoms with Crippen molar-refractivity contribution in [3.63, 3.8) is 0 Å². The average Bonchev–Trinajstić information content (AvgIpc) is 3.29. The molecule has 0 saturated carbocycles. The minimum atomic E-state index is -3.30. The average molecular weight is 426 g/mol. The van der Waals surface area contributed by atoms with E-state index in [1.54, 1.807) is 23.0 Å². The standard InChI is InChI=1S/C21H23N5O3S/c1-25-20(12-23-24-25)15-9-19-21(22-11-15)17-4-3-16(30(2,27)28)10-18(17)26(19)13-14-5-7-29-8-6-14/h3-4,9-12,14H,5-8,13H2,1-2H3. The second kappa shape index (κ2) is 7.17. The smallest absolute Gasteiger partial charge is 0.175 e. The van der Waals surface area contributed by atoms with E-state index in [1.165, 1.54) is 6.26 Å². The van der Waals surface area contributed by atoms with Crippen molar-refractivity contribution in [3.8, 4) is 11.3 Å². The number of rotatable bonds is 4. The van der Waals surface area contributed by atoms with Crippen LogP contribution in [0.1, 0.15) is 12.8 Å². The minimum Gasteiger partial charge on any atom is -0.381 e. The van der Waals surface area contributed by atoms with Crippen molar-refractivity contribution in [1.82, 2.24) is 24.5 Å². The molecule has 1 fully saturated rings. The Bertz CT molecular complexity index is 1350. The van der Waals surface area contributed by atoms with Crippen molar-refractivity contribution in [2.75, 3.05) is 19.5 Å². The molecule has 0 spiro atoms. The van der Waals surface area contributed by atoms with Gasteiger partial charge in [0.1, 0.15) is 0 Å². The fourth-order valence-electron chi connectivity index (χ4n) is 4.24. The molecule has 0 unspecified atom stereocenters. The Morgan fingerprint density at radius 2 is 1.93 bits per heavy atom. The van der Waals surface area contributed by atoms with Gasteiger partial charge in [-0.3, -0.25) is 4.98 Å². The summed E-state index contributed by atoms with van der Waals surface area (Å²) >= 11 is 0. The molecular formula is C21H23N5O3S. The van der Waals surface area contributed by atoms with Gasteiger partial charge in [0.05, 0.1) is 33.3 Å². The van der Waals surface area contributed by atoms with Crippen molar-refractivity contribution in [1.29, 1.82) is 0 Å². The molecule has 3 aromatic heterocycles. The number of hydrogen-bond acceptors (Lipinski definition) is 6. The van der Waals surface area contributed by atoms with Crippen molar-refractivity contribution in [2.24, 2.45) is 13.0 Å². The number of hydrogen-bond donors (Lipinski definition) is 0. The number of aryl methyl sites for hydroxylation is 1. The summed E-state index contributed by atoms with van der Waals surface area (Å²) in [4.78, 5) is 5.07. The van der Waals surface area contributed by atoms with E-state index in [-0.39, 0.29) is 0 Å². The van der Waals surface area contributed by atoms with Crippen LogP contribution in [0.5, 0.6) is 0 Å². The van der Waals surface area contributed by atoms with Gasteiger partial charge in [0, 0.05) is 50.2 Å². The molecule has 4 aromatic rings. The van der Waals surface area contributed by atoms with E-state index in [2.05, 4.69) is 20.9 Å². The highest BCUT2D eigenvalue weighted by atomic mass is 32.2. The highest BCUT2D eigenvalue weighted by Crippen LogP contribution is 2.33. The van der Waals surface area contributed by atoms with Gasteiger partial charge in [0.2, 0.25) is 0 Å². The van der Waals surface area contributed by atoms with Crippen molar-refractivity contribution < 1.29 is 13.2 Å². The number of benzene rings is 1. The highest BCUT2D eigenvalue weighted by Gasteiger charge is 2.21. The molecule has 9 heteroatoms. The fourth-order valence-corrected chi connectivity index (χ4v) is 4.88. The van der Waals surface area contributed by atoms with Crippen LogP contribution in [0.3, 0.4) is 0 Å². The normalized spacial score (nSPS) is 15.9. The highest BCUT2D eigenvalue weighted by molar-refractivity contribution is 7.90. The van der Waals surface area contributed by atoms with Crippen LogP contribution in [-0.4, -0.2) is 52.4 Å². The Morgan fingerprint density at radius 3 is 2.63 bits per heavy atom. The van der Waals surface area contributed by atoms with Crippen LogP contribution in [0.15, 0.2) is 41.6 Å². The van der Waals surface area contributed by atoms with Crippen molar-refractivity contribution in [2.45, 2.75) is 24.3 Å². The molecule has 0 aliphatic carbocycles. The van der Waals surface area contributed by atoms with Crippen LogP contribution in [0.4, 0.5) is 0 Å². The van der Waals surface area contributed by atoms with Gasteiger partial charge in [-0.15, -0.1) is 5.10 Å². The molecule has 1 aliphatic rings. The number of ether oxygens (including phenoxy) is 1. The molecular weight excluding hydrogens is 402 g/mol. The van der Waals surface area contributed by atoms with E-state index < -0.39 is 9.84 Å². The fraction of sp³-hybridized carbons (Fsp3) is 0.381. The Labute approximate surface area is 174 Å². The molecule has 5 rings (SSSR count). The second-order valence-corrected chi connectivity index (χ2v) is 9.97. The third-order valence-electron chi connectivity index (χ3n) is 5.89. The van der Waals surface area contributed by atoms with Crippen LogP contribution in [-0.2, 0) is 28.2 Å². The first kappa shape index (κ1) is 19.2. The number of nitrogens with zero attached hydrogens (tertiary/aromatic N) is 5. The first-order chi connectivity index (χ1) is 14.4. The van der Waals surface area contributed by atoms with Gasteiger partial charge in [0.15, 0.2) is 9.84 Å². The maximum atomic E-state index is 12.2. The van der Waals surface area contributed by atoms with Crippen molar-refractivity contribution >= 4 is 31.8 Å². The van der Waals surface area contributed by atoms with Gasteiger partial charge in [-0.05, 0) is 43.0 Å². The monoisotopic (exact) mass is 425 g/mol. The number of fused-ring (bicyclic) bond motifs is 3. The van der Waals surface area contributed by atoms with Crippen LogP contribution >= 0.6 is 0 Å². The minimum absolute atomic E-state index is 0.321. The maximum Gasteiger partial charge on any atom is 0.175 e. The molecule has 30 heavy (non-hydrogen) atoms. The Hall–Kier alpha value is -2.78. The quantitative estimate of drug-likeness (QED) is 0.499. The van der Waals surface area contributed by atoms with E-state index in [0.717, 1.165) is 65.8 Å². The molecule has 0 N–H and O–H groups in total. The number of sulfone groups is 1. The Balaban J connectivity index is 1.75. The molecule has 156 valence electrons. The van der Waals surface area contributed by atoms with Gasteiger partial charge in [-0.1, -0.05) is 5.21 Å². The maximum absolute atomic E-state index is 12.2. The Morgan fingerprint density at radius 1 is 1.13 bits per heavy atom. The molecule has 4 heterocycles. The largest absolute Gasteiger partial charge is 0.381 e. The third kappa shape index (κ3) is 3.27. The molecule has 0 radical (unpaired) electrons. The third-order valence-corrected chi connectivity index (χ3v) is 7.00. The zero-order valence-corrected chi connectivity index (χ0v) is 17.8. The molecule has 0 bridgehead atoms. The number of aromatic nitrogens is 5. The summed E-state index contributed by atoms with van der Waals surface area (Å²) in [6, 6.07) is 7.40. The SMILES string of the molecule is Cn1nncc1-c1cnc2c3ccc(S(C)(=O)=O)cc3n(CC3CCOCC3)c2c1. The van der Waals surface area contributed by atoms with Gasteiger partial charge < -0.3 is 9.30 Å². The summed E-state index contributed by atoms with van der Waals surface area (Å²) in [5.74, 6) is 0.474. The lowest BCUT2D eigenvalue weighted by Gasteiger charge is -2.23. The lowest BCUT2D eigenvalue weighted by molar-refractivity contribution is 0.0620. The van der Waals surface area contributed by atoms with Crippen LogP contribution in [0.25, 0.3) is 33.2 Å². The number of pyridine rings is 1. The Kier molecular flexibility index (Phi) is 4.59. The van der Waals surface area contributed by atoms with E-state index in [1.807, 2.05) is 19.3 Å².